The van der Waals surface area contributed by atoms with E-state index in [1.807, 2.05) is 76.2 Å². The Morgan fingerprint density at radius 1 is 0.536 bits per heavy atom. The van der Waals surface area contributed by atoms with Gasteiger partial charge in [0.2, 0.25) is 11.8 Å². The summed E-state index contributed by atoms with van der Waals surface area (Å²) in [5.41, 5.74) is 4.06. The van der Waals surface area contributed by atoms with E-state index in [-0.39, 0.29) is 35.6 Å². The highest BCUT2D eigenvalue weighted by molar-refractivity contribution is 5.92. The summed E-state index contributed by atoms with van der Waals surface area (Å²) in [7, 11) is 6.30. The van der Waals surface area contributed by atoms with Crippen LogP contribution in [0.1, 0.15) is 76.3 Å². The molecule has 3 rings (SSSR count). The molecule has 0 saturated heterocycles. The van der Waals surface area contributed by atoms with Crippen LogP contribution in [0, 0.1) is 22.7 Å². The number of carbonyl (C=O) groups excluding carboxylic acids is 2. The number of carbonyl (C=O) groups is 2. The zero-order valence-electron chi connectivity index (χ0n) is 34.4. The maximum Gasteiger partial charge on any atom is 0.224 e. The van der Waals surface area contributed by atoms with Crippen LogP contribution < -0.4 is 50.8 Å². The number of benzene rings is 2. The highest BCUT2D eigenvalue weighted by Gasteiger charge is 2.58. The molecule has 2 aromatic rings. The molecule has 4 atom stereocenters. The van der Waals surface area contributed by atoms with Crippen LogP contribution in [0.4, 0.5) is 0 Å². The lowest BCUT2D eigenvalue weighted by Gasteiger charge is -2.51. The molecule has 1 aliphatic rings. The predicted molar refractivity (Wildman–Crippen MR) is 222 cm³/mol. The number of nitrogens with one attached hydrogen (secondary N) is 8. The number of unbranched alkanes of at least 4 members (excludes halogenated alkanes) is 2. The van der Waals surface area contributed by atoms with Crippen LogP contribution in [0.2, 0.25) is 0 Å². The molecule has 308 valence electrons. The maximum absolute atomic E-state index is 14.2. The molecule has 0 aliphatic heterocycles. The summed E-state index contributed by atoms with van der Waals surface area (Å²) in [5, 5.41) is 34.5. The Morgan fingerprint density at radius 3 is 1.20 bits per heavy atom. The Balaban J connectivity index is 1.79. The van der Waals surface area contributed by atoms with Gasteiger partial charge in [0.05, 0.1) is 40.3 Å². The van der Waals surface area contributed by atoms with Gasteiger partial charge in [-0.05, 0) is 88.8 Å². The third-order valence-electron chi connectivity index (χ3n) is 9.73. The number of allylic oxidation sites excluding steroid dienone is 2. The van der Waals surface area contributed by atoms with Crippen molar-refractivity contribution in [3.05, 3.63) is 70.8 Å². The van der Waals surface area contributed by atoms with E-state index in [9.17, 15) is 9.59 Å². The van der Waals surface area contributed by atoms with Gasteiger partial charge in [0.1, 0.15) is 0 Å². The fourth-order valence-electron chi connectivity index (χ4n) is 6.78. The Hall–Kier alpha value is -5.40. The molecule has 0 spiro atoms. The zero-order valence-corrected chi connectivity index (χ0v) is 34.4. The van der Waals surface area contributed by atoms with Crippen molar-refractivity contribution in [2.45, 2.75) is 65.2 Å². The first-order valence-electron chi connectivity index (χ1n) is 19.3. The summed E-state index contributed by atoms with van der Waals surface area (Å²) in [6.07, 6.45) is 6.91. The topological polar surface area (TPSA) is 191 Å². The van der Waals surface area contributed by atoms with E-state index in [1.54, 1.807) is 28.4 Å². The van der Waals surface area contributed by atoms with Crippen molar-refractivity contribution in [1.82, 2.24) is 31.9 Å². The summed E-state index contributed by atoms with van der Waals surface area (Å²) in [6.45, 7) is 11.3. The SMILES string of the molecule is COc1ccc([C@@H]2[C@@H](C(=O)NCCCCNC(=N)NCC=C(C)C)[C@@H](C(=O)NCCCCNC(=N)NCC=C(C)C)[C@@H]2c2ccc(OC)c(OC)c2)cc1OC. The monoisotopic (exact) mass is 776 g/mol. The first-order valence-corrected chi connectivity index (χ1v) is 19.3. The average molecular weight is 777 g/mol. The third-order valence-corrected chi connectivity index (χ3v) is 9.73. The highest BCUT2D eigenvalue weighted by Crippen LogP contribution is 2.59. The largest absolute Gasteiger partial charge is 0.493 e. The molecule has 0 heterocycles. The molecule has 14 heteroatoms. The van der Waals surface area contributed by atoms with Crippen LogP contribution in [0.5, 0.6) is 23.0 Å². The molecule has 2 amide bonds. The summed E-state index contributed by atoms with van der Waals surface area (Å²) < 4.78 is 22.4. The summed E-state index contributed by atoms with van der Waals surface area (Å²) >= 11 is 0. The van der Waals surface area contributed by atoms with Crippen molar-refractivity contribution in [3.8, 4) is 23.0 Å². The molecule has 2 aromatic carbocycles. The molecule has 0 bridgehead atoms. The van der Waals surface area contributed by atoms with Crippen LogP contribution in [-0.4, -0.2) is 91.4 Å². The minimum Gasteiger partial charge on any atom is -0.493 e. The number of guanidine groups is 2. The average Bonchev–Trinajstić information content (AvgIpc) is 3.16. The van der Waals surface area contributed by atoms with Crippen molar-refractivity contribution >= 4 is 23.7 Å². The quantitative estimate of drug-likeness (QED) is 0.0357. The molecule has 56 heavy (non-hydrogen) atoms. The van der Waals surface area contributed by atoms with Gasteiger partial charge < -0.3 is 50.8 Å². The number of hydrogen-bond donors (Lipinski definition) is 8. The fraction of sp³-hybridized carbons (Fsp3) is 0.524. The van der Waals surface area contributed by atoms with E-state index in [0.29, 0.717) is 75.1 Å². The minimum atomic E-state index is -0.675. The zero-order chi connectivity index (χ0) is 41.0. The van der Waals surface area contributed by atoms with Crippen LogP contribution >= 0.6 is 0 Å². The number of ether oxygens (including phenoxy) is 4. The Labute approximate surface area is 332 Å². The second kappa shape index (κ2) is 23.5. The van der Waals surface area contributed by atoms with E-state index in [1.165, 1.54) is 11.1 Å². The molecule has 1 fully saturated rings. The number of rotatable bonds is 22. The van der Waals surface area contributed by atoms with Gasteiger partial charge in [0.25, 0.3) is 0 Å². The standard InChI is InChI=1S/C42H64N8O6/c1-27(2)17-23-49-41(43)47-21-11-9-19-45-39(51)37-35(29-13-15-31(53-5)33(25-29)55-7)36(30-14-16-32(54-6)34(26-30)56-8)38(37)40(52)46-20-10-12-22-48-42(44)50-24-18-28(3)4/h13-18,25-26,35-38H,9-12,19-24H2,1-8H3,(H,45,51)(H,46,52)(H3,43,47,49)(H3,44,48,50)/t35-,36+,37+,38-. The highest BCUT2D eigenvalue weighted by atomic mass is 16.5. The summed E-state index contributed by atoms with van der Waals surface area (Å²) in [5.74, 6) is 0.230. The normalized spacial score (nSPS) is 16.9. The lowest BCUT2D eigenvalue weighted by Crippen LogP contribution is -2.57. The molecular weight excluding hydrogens is 713 g/mol. The van der Waals surface area contributed by atoms with Gasteiger partial charge in [0.15, 0.2) is 34.9 Å². The first-order chi connectivity index (χ1) is 26.9. The van der Waals surface area contributed by atoms with Gasteiger partial charge in [-0.25, -0.2) is 0 Å². The van der Waals surface area contributed by atoms with Gasteiger partial charge in [0, 0.05) is 51.1 Å². The van der Waals surface area contributed by atoms with Crippen LogP contribution in [-0.2, 0) is 9.59 Å². The van der Waals surface area contributed by atoms with Gasteiger partial charge in [-0.1, -0.05) is 35.4 Å². The molecule has 0 radical (unpaired) electrons. The molecule has 14 nitrogen and oxygen atoms in total. The number of amides is 2. The fourth-order valence-corrected chi connectivity index (χ4v) is 6.78. The second-order valence-corrected chi connectivity index (χ2v) is 14.3. The van der Waals surface area contributed by atoms with Crippen molar-refractivity contribution in [2.75, 3.05) is 67.7 Å². The number of hydrogen-bond acceptors (Lipinski definition) is 8. The van der Waals surface area contributed by atoms with E-state index in [0.717, 1.165) is 24.0 Å². The third kappa shape index (κ3) is 13.4. The molecule has 0 aromatic heterocycles. The second-order valence-electron chi connectivity index (χ2n) is 14.3. The predicted octanol–water partition coefficient (Wildman–Crippen LogP) is 4.79. The molecule has 1 aliphatic carbocycles. The lowest BCUT2D eigenvalue weighted by atomic mass is 9.51. The molecule has 0 unspecified atom stereocenters. The van der Waals surface area contributed by atoms with E-state index >= 15 is 0 Å². The van der Waals surface area contributed by atoms with Crippen molar-refractivity contribution in [2.24, 2.45) is 11.8 Å². The Bertz CT molecular complexity index is 1550. The van der Waals surface area contributed by atoms with Crippen molar-refractivity contribution in [3.63, 3.8) is 0 Å². The first kappa shape index (κ1) is 45.0. The Morgan fingerprint density at radius 2 is 0.875 bits per heavy atom. The summed E-state index contributed by atoms with van der Waals surface area (Å²) in [6, 6.07) is 11.3. The van der Waals surface area contributed by atoms with Crippen LogP contribution in [0.15, 0.2) is 59.7 Å². The van der Waals surface area contributed by atoms with Crippen LogP contribution in [0.3, 0.4) is 0 Å². The van der Waals surface area contributed by atoms with E-state index in [4.69, 9.17) is 29.8 Å². The molecular formula is C42H64N8O6. The maximum atomic E-state index is 14.2. The smallest absolute Gasteiger partial charge is 0.224 e. The number of methoxy groups -OCH3 is 4. The minimum absolute atomic E-state index is 0.200. The molecule has 1 saturated carbocycles. The van der Waals surface area contributed by atoms with Crippen molar-refractivity contribution in [1.29, 1.82) is 10.8 Å². The molecule has 8 N–H and O–H groups in total. The Kier molecular flexibility index (Phi) is 18.9. The van der Waals surface area contributed by atoms with Crippen molar-refractivity contribution < 1.29 is 28.5 Å². The van der Waals surface area contributed by atoms with E-state index in [2.05, 4.69) is 31.9 Å². The summed E-state index contributed by atoms with van der Waals surface area (Å²) in [4.78, 5) is 28.4. The van der Waals surface area contributed by atoms with Gasteiger partial charge in [-0.15, -0.1) is 0 Å². The van der Waals surface area contributed by atoms with Gasteiger partial charge in [-0.2, -0.15) is 0 Å². The van der Waals surface area contributed by atoms with Crippen LogP contribution in [0.25, 0.3) is 0 Å². The van der Waals surface area contributed by atoms with Gasteiger partial charge in [-0.3, -0.25) is 20.4 Å². The van der Waals surface area contributed by atoms with E-state index < -0.39 is 11.8 Å². The lowest BCUT2D eigenvalue weighted by molar-refractivity contribution is -0.144. The van der Waals surface area contributed by atoms with Gasteiger partial charge >= 0.3 is 0 Å².